The molecule has 0 aliphatic rings. The number of aryl methyl sites for hydroxylation is 1. The molecule has 1 atom stereocenters. The zero-order valence-corrected chi connectivity index (χ0v) is 11.2. The molecule has 2 aromatic rings. The summed E-state index contributed by atoms with van der Waals surface area (Å²) in [6.07, 6.45) is -0.974. The van der Waals surface area contributed by atoms with Crippen LogP contribution in [0.1, 0.15) is 17.4 Å². The Labute approximate surface area is 119 Å². The average molecular weight is 296 g/mol. The minimum absolute atomic E-state index is 0.00629. The van der Waals surface area contributed by atoms with Crippen LogP contribution in [0.5, 0.6) is 5.75 Å². The van der Waals surface area contributed by atoms with E-state index >= 15 is 0 Å². The van der Waals surface area contributed by atoms with Gasteiger partial charge in [0.25, 0.3) is 5.56 Å². The van der Waals surface area contributed by atoms with Gasteiger partial charge in [-0.2, -0.15) is 13.9 Å². The summed E-state index contributed by atoms with van der Waals surface area (Å²) in [5.74, 6) is 0.00629. The quantitative estimate of drug-likeness (QED) is 0.915. The first-order valence-electron chi connectivity index (χ1n) is 6.23. The van der Waals surface area contributed by atoms with E-state index in [-0.39, 0.29) is 17.9 Å². The second-order valence-corrected chi connectivity index (χ2v) is 4.46. The van der Waals surface area contributed by atoms with Gasteiger partial charge in [0.15, 0.2) is 0 Å². The van der Waals surface area contributed by atoms with Crippen LogP contribution in [-0.4, -0.2) is 21.5 Å². The first-order chi connectivity index (χ1) is 9.95. The van der Waals surface area contributed by atoms with E-state index in [4.69, 9.17) is 0 Å². The van der Waals surface area contributed by atoms with Gasteiger partial charge in [0.2, 0.25) is 0 Å². The highest BCUT2D eigenvalue weighted by molar-refractivity contribution is 5.28. The Balaban J connectivity index is 2.11. The Hall–Kier alpha value is -2.28. The Bertz CT molecular complexity index is 656. The van der Waals surface area contributed by atoms with Gasteiger partial charge < -0.3 is 9.84 Å². The number of rotatable bonds is 5. The van der Waals surface area contributed by atoms with Gasteiger partial charge in [-0.25, -0.2) is 4.68 Å². The van der Waals surface area contributed by atoms with Gasteiger partial charge in [-0.3, -0.25) is 4.79 Å². The van der Waals surface area contributed by atoms with Crippen LogP contribution in [0, 0.1) is 6.92 Å². The number of hydrogen-bond acceptors (Lipinski definition) is 4. The lowest BCUT2D eigenvalue weighted by Gasteiger charge is -2.13. The summed E-state index contributed by atoms with van der Waals surface area (Å²) in [7, 11) is 0. The summed E-state index contributed by atoms with van der Waals surface area (Å²) in [6, 6.07) is 8.54. The van der Waals surface area contributed by atoms with Crippen LogP contribution in [0.15, 0.2) is 41.2 Å². The van der Waals surface area contributed by atoms with E-state index in [0.717, 1.165) is 4.68 Å². The predicted octanol–water partition coefficient (Wildman–Crippen LogP) is 1.89. The van der Waals surface area contributed by atoms with Crippen LogP contribution < -0.4 is 10.3 Å². The molecule has 0 aliphatic carbocycles. The molecule has 1 N–H and O–H groups in total. The van der Waals surface area contributed by atoms with Gasteiger partial charge in [-0.15, -0.1) is 0 Å². The third-order valence-electron chi connectivity index (χ3n) is 2.84. The zero-order valence-electron chi connectivity index (χ0n) is 11.2. The summed E-state index contributed by atoms with van der Waals surface area (Å²) >= 11 is 0. The average Bonchev–Trinajstić information content (AvgIpc) is 2.43. The minimum Gasteiger partial charge on any atom is -0.435 e. The Kier molecular flexibility index (Phi) is 4.64. The smallest absolute Gasteiger partial charge is 0.387 e. The fourth-order valence-electron chi connectivity index (χ4n) is 1.82. The zero-order chi connectivity index (χ0) is 15.4. The van der Waals surface area contributed by atoms with Crippen LogP contribution in [0.4, 0.5) is 8.78 Å². The molecule has 0 spiro atoms. The molecule has 21 heavy (non-hydrogen) atoms. The van der Waals surface area contributed by atoms with E-state index < -0.39 is 12.7 Å². The van der Waals surface area contributed by atoms with Crippen LogP contribution in [0.25, 0.3) is 0 Å². The third kappa shape index (κ3) is 4.09. The molecule has 0 aliphatic heterocycles. The minimum atomic E-state index is -2.89. The van der Waals surface area contributed by atoms with Crippen molar-refractivity contribution in [3.8, 4) is 5.75 Å². The maximum absolute atomic E-state index is 12.0. The summed E-state index contributed by atoms with van der Waals surface area (Å²) < 4.78 is 29.4. The van der Waals surface area contributed by atoms with Crippen molar-refractivity contribution in [2.75, 3.05) is 0 Å². The summed E-state index contributed by atoms with van der Waals surface area (Å²) in [6.45, 7) is -1.18. The predicted molar refractivity (Wildman–Crippen MR) is 71.3 cm³/mol. The Morgan fingerprint density at radius 2 is 1.90 bits per heavy atom. The highest BCUT2D eigenvalue weighted by Crippen LogP contribution is 2.20. The molecular weight excluding hydrogens is 282 g/mol. The van der Waals surface area contributed by atoms with Crippen molar-refractivity contribution in [1.29, 1.82) is 0 Å². The number of ether oxygens (including phenoxy) is 1. The lowest BCUT2D eigenvalue weighted by atomic mass is 10.1. The molecule has 1 unspecified atom stereocenters. The molecule has 7 heteroatoms. The van der Waals surface area contributed by atoms with Gasteiger partial charge in [0, 0.05) is 6.07 Å². The molecule has 0 radical (unpaired) electrons. The first-order valence-corrected chi connectivity index (χ1v) is 6.23. The SMILES string of the molecule is Cc1ccc(=O)n(CC(O)c2ccc(OC(F)F)cc2)n1. The molecule has 5 nitrogen and oxygen atoms in total. The molecule has 2 rings (SSSR count). The number of aliphatic hydroxyl groups excluding tert-OH is 1. The summed E-state index contributed by atoms with van der Waals surface area (Å²) in [5.41, 5.74) is 0.812. The van der Waals surface area contributed by atoms with E-state index in [1.165, 1.54) is 30.3 Å². The number of hydrogen-bond donors (Lipinski definition) is 1. The lowest BCUT2D eigenvalue weighted by molar-refractivity contribution is -0.0498. The van der Waals surface area contributed by atoms with Gasteiger partial charge in [-0.05, 0) is 30.7 Å². The van der Waals surface area contributed by atoms with E-state index in [1.807, 2.05) is 0 Å². The van der Waals surface area contributed by atoms with Crippen molar-refractivity contribution in [3.05, 3.63) is 58.0 Å². The van der Waals surface area contributed by atoms with Gasteiger partial charge in [-0.1, -0.05) is 12.1 Å². The number of benzene rings is 1. The van der Waals surface area contributed by atoms with Crippen LogP contribution in [0.2, 0.25) is 0 Å². The van der Waals surface area contributed by atoms with Crippen molar-refractivity contribution >= 4 is 0 Å². The maximum Gasteiger partial charge on any atom is 0.387 e. The largest absolute Gasteiger partial charge is 0.435 e. The molecule has 1 heterocycles. The van der Waals surface area contributed by atoms with Crippen molar-refractivity contribution in [3.63, 3.8) is 0 Å². The highest BCUT2D eigenvalue weighted by Gasteiger charge is 2.11. The molecular formula is C14H14F2N2O3. The monoisotopic (exact) mass is 296 g/mol. The van der Waals surface area contributed by atoms with Gasteiger partial charge in [0.05, 0.1) is 18.3 Å². The standard InChI is InChI=1S/C14H14F2N2O3/c1-9-2-7-13(20)18(17-9)8-12(19)10-3-5-11(6-4-10)21-14(15)16/h2-7,12,14,19H,8H2,1H3. The molecule has 112 valence electrons. The first kappa shape index (κ1) is 15.1. The summed E-state index contributed by atoms with van der Waals surface area (Å²) in [5, 5.41) is 14.1. The molecule has 1 aromatic heterocycles. The number of alkyl halides is 2. The second-order valence-electron chi connectivity index (χ2n) is 4.46. The van der Waals surface area contributed by atoms with E-state index in [2.05, 4.69) is 9.84 Å². The molecule has 0 saturated carbocycles. The van der Waals surface area contributed by atoms with Crippen molar-refractivity contribution in [1.82, 2.24) is 9.78 Å². The lowest BCUT2D eigenvalue weighted by Crippen LogP contribution is -2.25. The molecule has 1 aromatic carbocycles. The molecule has 0 amide bonds. The van der Waals surface area contributed by atoms with E-state index in [0.29, 0.717) is 11.3 Å². The van der Waals surface area contributed by atoms with Gasteiger partial charge >= 0.3 is 6.61 Å². The van der Waals surface area contributed by atoms with Crippen molar-refractivity contribution in [2.45, 2.75) is 26.2 Å². The van der Waals surface area contributed by atoms with E-state index in [1.54, 1.807) is 13.0 Å². The Morgan fingerprint density at radius 3 is 2.52 bits per heavy atom. The van der Waals surface area contributed by atoms with Crippen LogP contribution in [-0.2, 0) is 6.54 Å². The van der Waals surface area contributed by atoms with Crippen LogP contribution in [0.3, 0.4) is 0 Å². The normalized spacial score (nSPS) is 12.4. The summed E-state index contributed by atoms with van der Waals surface area (Å²) in [4.78, 5) is 11.6. The van der Waals surface area contributed by atoms with Crippen molar-refractivity contribution in [2.24, 2.45) is 0 Å². The second kappa shape index (κ2) is 6.45. The van der Waals surface area contributed by atoms with Crippen LogP contribution >= 0.6 is 0 Å². The highest BCUT2D eigenvalue weighted by atomic mass is 19.3. The Morgan fingerprint density at radius 1 is 1.24 bits per heavy atom. The van der Waals surface area contributed by atoms with Gasteiger partial charge in [0.1, 0.15) is 5.75 Å². The number of aromatic nitrogens is 2. The molecule has 0 saturated heterocycles. The molecule has 0 fully saturated rings. The number of aliphatic hydroxyl groups is 1. The van der Waals surface area contributed by atoms with Crippen molar-refractivity contribution < 1.29 is 18.6 Å². The molecule has 0 bridgehead atoms. The topological polar surface area (TPSA) is 64.4 Å². The number of nitrogens with zero attached hydrogens (tertiary/aromatic N) is 2. The fraction of sp³-hybridized carbons (Fsp3) is 0.286. The fourth-order valence-corrected chi connectivity index (χ4v) is 1.82. The third-order valence-corrected chi connectivity index (χ3v) is 2.84. The number of halogens is 2. The maximum atomic E-state index is 12.0. The van der Waals surface area contributed by atoms with E-state index in [9.17, 15) is 18.7 Å².